The van der Waals surface area contributed by atoms with Crippen molar-refractivity contribution in [2.45, 2.75) is 6.18 Å². The van der Waals surface area contributed by atoms with Crippen molar-refractivity contribution >= 4 is 35.2 Å². The van der Waals surface area contributed by atoms with Crippen LogP contribution in [0.5, 0.6) is 0 Å². The fourth-order valence-electron chi connectivity index (χ4n) is 1.42. The Kier molecular flexibility index (Phi) is 4.69. The van der Waals surface area contributed by atoms with E-state index in [-0.39, 0.29) is 5.82 Å². The molecular formula is C13H8Cl2F3N3. The molecule has 0 aliphatic rings. The highest BCUT2D eigenvalue weighted by Gasteiger charge is 2.30. The monoisotopic (exact) mass is 333 g/mol. The molecule has 2 aromatic rings. The summed E-state index contributed by atoms with van der Waals surface area (Å²) >= 11 is 11.9. The minimum Gasteiger partial charge on any atom is -0.261 e. The first kappa shape index (κ1) is 15.6. The summed E-state index contributed by atoms with van der Waals surface area (Å²) in [5.74, 6) is 0.169. The van der Waals surface area contributed by atoms with Crippen molar-refractivity contribution in [3.8, 4) is 0 Å². The van der Waals surface area contributed by atoms with Crippen molar-refractivity contribution in [1.29, 1.82) is 0 Å². The minimum absolute atomic E-state index is 0.169. The maximum Gasteiger partial charge on any atom is 0.417 e. The molecule has 110 valence electrons. The van der Waals surface area contributed by atoms with Crippen LogP contribution in [0.25, 0.3) is 0 Å². The third kappa shape index (κ3) is 4.09. The zero-order valence-corrected chi connectivity index (χ0v) is 11.8. The van der Waals surface area contributed by atoms with E-state index in [1.807, 2.05) is 0 Å². The molecule has 0 amide bonds. The maximum atomic E-state index is 12.4. The number of pyridine rings is 1. The normalized spacial score (nSPS) is 11.9. The third-order valence-corrected chi connectivity index (χ3v) is 3.12. The Morgan fingerprint density at radius 1 is 1.10 bits per heavy atom. The quantitative estimate of drug-likeness (QED) is 0.643. The molecule has 8 heteroatoms. The molecule has 0 saturated heterocycles. The number of anilines is 1. The van der Waals surface area contributed by atoms with Gasteiger partial charge in [-0.15, -0.1) is 0 Å². The van der Waals surface area contributed by atoms with Gasteiger partial charge >= 0.3 is 6.18 Å². The predicted molar refractivity (Wildman–Crippen MR) is 76.9 cm³/mol. The Morgan fingerprint density at radius 3 is 2.29 bits per heavy atom. The van der Waals surface area contributed by atoms with Gasteiger partial charge in [0.1, 0.15) is 5.82 Å². The van der Waals surface area contributed by atoms with Crippen LogP contribution in [0.4, 0.5) is 19.0 Å². The van der Waals surface area contributed by atoms with Gasteiger partial charge in [-0.1, -0.05) is 29.3 Å². The highest BCUT2D eigenvalue weighted by atomic mass is 35.5. The second-order valence-electron chi connectivity index (χ2n) is 3.94. The van der Waals surface area contributed by atoms with E-state index in [1.165, 1.54) is 12.3 Å². The molecule has 0 radical (unpaired) electrons. The summed E-state index contributed by atoms with van der Waals surface area (Å²) in [5, 5.41) is 4.66. The number of halogens is 5. The van der Waals surface area contributed by atoms with Gasteiger partial charge in [-0.05, 0) is 24.3 Å². The summed E-state index contributed by atoms with van der Waals surface area (Å²) in [7, 11) is 0. The SMILES string of the molecule is FC(F)(F)c1ccc(N/N=C\c2c(Cl)cccc2Cl)nc1. The number of alkyl halides is 3. The Morgan fingerprint density at radius 2 is 1.76 bits per heavy atom. The lowest BCUT2D eigenvalue weighted by molar-refractivity contribution is -0.137. The molecule has 0 bridgehead atoms. The van der Waals surface area contributed by atoms with E-state index in [0.717, 1.165) is 12.3 Å². The van der Waals surface area contributed by atoms with Crippen molar-refractivity contribution in [2.24, 2.45) is 5.10 Å². The van der Waals surface area contributed by atoms with Crippen LogP contribution >= 0.6 is 23.2 Å². The van der Waals surface area contributed by atoms with Crippen LogP contribution in [0.1, 0.15) is 11.1 Å². The Hall–Kier alpha value is -1.79. The molecule has 1 heterocycles. The first-order chi connectivity index (χ1) is 9.88. The van der Waals surface area contributed by atoms with Crippen LogP contribution in [0, 0.1) is 0 Å². The van der Waals surface area contributed by atoms with Gasteiger partial charge in [-0.2, -0.15) is 18.3 Å². The second kappa shape index (κ2) is 6.32. The summed E-state index contributed by atoms with van der Waals surface area (Å²) in [5.41, 5.74) is 2.17. The van der Waals surface area contributed by atoms with Crippen molar-refractivity contribution in [3.05, 3.63) is 57.7 Å². The number of hydrazone groups is 1. The average molecular weight is 334 g/mol. The average Bonchev–Trinajstić information content (AvgIpc) is 2.42. The number of aromatic nitrogens is 1. The van der Waals surface area contributed by atoms with Gasteiger partial charge in [0.25, 0.3) is 0 Å². The zero-order valence-electron chi connectivity index (χ0n) is 10.3. The molecule has 0 aliphatic carbocycles. The highest BCUT2D eigenvalue weighted by Crippen LogP contribution is 2.28. The Balaban J connectivity index is 2.08. The lowest BCUT2D eigenvalue weighted by atomic mass is 10.2. The smallest absolute Gasteiger partial charge is 0.261 e. The van der Waals surface area contributed by atoms with E-state index in [0.29, 0.717) is 15.6 Å². The van der Waals surface area contributed by atoms with E-state index in [4.69, 9.17) is 23.2 Å². The molecule has 0 fully saturated rings. The molecule has 1 aromatic heterocycles. The van der Waals surface area contributed by atoms with E-state index < -0.39 is 11.7 Å². The number of nitrogens with one attached hydrogen (secondary N) is 1. The fourth-order valence-corrected chi connectivity index (χ4v) is 1.92. The molecule has 0 spiro atoms. The van der Waals surface area contributed by atoms with Gasteiger partial charge in [-0.3, -0.25) is 5.43 Å². The van der Waals surface area contributed by atoms with Crippen LogP contribution in [0.2, 0.25) is 10.0 Å². The first-order valence-electron chi connectivity index (χ1n) is 5.64. The van der Waals surface area contributed by atoms with E-state index in [9.17, 15) is 13.2 Å². The van der Waals surface area contributed by atoms with Crippen molar-refractivity contribution < 1.29 is 13.2 Å². The van der Waals surface area contributed by atoms with Gasteiger partial charge < -0.3 is 0 Å². The summed E-state index contributed by atoms with van der Waals surface area (Å²) in [6.07, 6.45) is -2.33. The molecule has 0 aliphatic heterocycles. The number of hydrogen-bond donors (Lipinski definition) is 1. The fraction of sp³-hybridized carbons (Fsp3) is 0.0769. The topological polar surface area (TPSA) is 37.3 Å². The van der Waals surface area contributed by atoms with Crippen LogP contribution in [-0.4, -0.2) is 11.2 Å². The van der Waals surface area contributed by atoms with Crippen molar-refractivity contribution in [1.82, 2.24) is 4.98 Å². The standard InChI is InChI=1S/C13H8Cl2F3N3/c14-10-2-1-3-11(15)9(10)7-20-21-12-5-4-8(6-19-12)13(16,17)18/h1-7H,(H,19,21)/b20-7-. The van der Waals surface area contributed by atoms with Crippen LogP contribution in [0.15, 0.2) is 41.6 Å². The predicted octanol–water partition coefficient (Wildman–Crippen LogP) is 4.85. The summed E-state index contributed by atoms with van der Waals surface area (Å²) in [6, 6.07) is 7.06. The summed E-state index contributed by atoms with van der Waals surface area (Å²) in [6.45, 7) is 0. The molecule has 0 unspecified atom stereocenters. The lowest BCUT2D eigenvalue weighted by Crippen LogP contribution is -2.05. The molecule has 0 atom stereocenters. The molecule has 0 saturated carbocycles. The molecule has 1 N–H and O–H groups in total. The number of benzene rings is 1. The van der Waals surface area contributed by atoms with Gasteiger partial charge in [0.15, 0.2) is 0 Å². The van der Waals surface area contributed by atoms with Crippen molar-refractivity contribution in [3.63, 3.8) is 0 Å². The van der Waals surface area contributed by atoms with Crippen molar-refractivity contribution in [2.75, 3.05) is 5.43 Å². The summed E-state index contributed by atoms with van der Waals surface area (Å²) in [4.78, 5) is 3.61. The Labute approximate surface area is 128 Å². The number of nitrogens with zero attached hydrogens (tertiary/aromatic N) is 2. The van der Waals surface area contributed by atoms with E-state index >= 15 is 0 Å². The third-order valence-electron chi connectivity index (χ3n) is 2.46. The molecule has 21 heavy (non-hydrogen) atoms. The second-order valence-corrected chi connectivity index (χ2v) is 4.75. The van der Waals surface area contributed by atoms with Crippen LogP contribution in [-0.2, 0) is 6.18 Å². The lowest BCUT2D eigenvalue weighted by Gasteiger charge is -2.06. The van der Waals surface area contributed by atoms with Crippen LogP contribution < -0.4 is 5.43 Å². The highest BCUT2D eigenvalue weighted by molar-refractivity contribution is 6.38. The Bertz CT molecular complexity index is 634. The summed E-state index contributed by atoms with van der Waals surface area (Å²) < 4.78 is 37.1. The largest absolute Gasteiger partial charge is 0.417 e. The van der Waals surface area contributed by atoms with Crippen LogP contribution in [0.3, 0.4) is 0 Å². The molecule has 1 aromatic carbocycles. The first-order valence-corrected chi connectivity index (χ1v) is 6.40. The maximum absolute atomic E-state index is 12.4. The molecule has 2 rings (SSSR count). The zero-order chi connectivity index (χ0) is 15.5. The minimum atomic E-state index is -4.42. The van der Waals surface area contributed by atoms with Gasteiger partial charge in [0, 0.05) is 11.8 Å². The number of rotatable bonds is 3. The number of hydrogen-bond acceptors (Lipinski definition) is 3. The van der Waals surface area contributed by atoms with E-state index in [2.05, 4.69) is 15.5 Å². The van der Waals surface area contributed by atoms with Gasteiger partial charge in [-0.25, -0.2) is 4.98 Å². The van der Waals surface area contributed by atoms with E-state index in [1.54, 1.807) is 18.2 Å². The van der Waals surface area contributed by atoms with Gasteiger partial charge in [0.2, 0.25) is 0 Å². The molecular weight excluding hydrogens is 326 g/mol. The molecule has 3 nitrogen and oxygen atoms in total. The van der Waals surface area contributed by atoms with Gasteiger partial charge in [0.05, 0.1) is 21.8 Å².